The molecule has 2 unspecified atom stereocenters. The second-order valence-corrected chi connectivity index (χ2v) is 6.97. The Bertz CT molecular complexity index is 420. The van der Waals surface area contributed by atoms with Crippen molar-refractivity contribution in [1.29, 1.82) is 0 Å². The number of hydrogen-bond acceptors (Lipinski definition) is 3. The third-order valence-corrected chi connectivity index (χ3v) is 5.59. The molecule has 1 aromatic rings. The molecule has 0 amide bonds. The van der Waals surface area contributed by atoms with Crippen LogP contribution >= 0.6 is 11.8 Å². The van der Waals surface area contributed by atoms with Gasteiger partial charge in [-0.1, -0.05) is 18.2 Å². The standard InChI is InChI=1S/C12H14O3S2/c13-12(14)5-6-17(15)8-10-7-9-3-1-2-4-11(9)16-10/h1-4,10H,5-8H2,(H,13,14). The summed E-state index contributed by atoms with van der Waals surface area (Å²) in [6, 6.07) is 8.21. The molecule has 0 radical (unpaired) electrons. The van der Waals surface area contributed by atoms with Crippen molar-refractivity contribution in [2.45, 2.75) is 23.0 Å². The van der Waals surface area contributed by atoms with E-state index in [1.807, 2.05) is 12.1 Å². The lowest BCUT2D eigenvalue weighted by atomic mass is 10.1. The van der Waals surface area contributed by atoms with Gasteiger partial charge in [-0.25, -0.2) is 0 Å². The van der Waals surface area contributed by atoms with Gasteiger partial charge in [0.05, 0.1) is 6.42 Å². The first-order chi connectivity index (χ1) is 8.15. The van der Waals surface area contributed by atoms with E-state index in [2.05, 4.69) is 12.1 Å². The lowest BCUT2D eigenvalue weighted by Gasteiger charge is -2.06. The predicted octanol–water partition coefficient (Wildman–Crippen LogP) is 1.93. The van der Waals surface area contributed by atoms with Gasteiger partial charge in [0.1, 0.15) is 0 Å². The highest BCUT2D eigenvalue weighted by molar-refractivity contribution is 8.01. The SMILES string of the molecule is O=C(O)CCS(=O)CC1Cc2ccccc2S1. The molecular weight excluding hydrogens is 256 g/mol. The summed E-state index contributed by atoms with van der Waals surface area (Å²) in [7, 11) is -1.02. The molecule has 0 saturated heterocycles. The molecule has 0 aromatic heterocycles. The van der Waals surface area contributed by atoms with Crippen LogP contribution in [0.25, 0.3) is 0 Å². The lowest BCUT2D eigenvalue weighted by Crippen LogP contribution is -2.16. The zero-order chi connectivity index (χ0) is 12.3. The van der Waals surface area contributed by atoms with Crippen LogP contribution in [0.5, 0.6) is 0 Å². The van der Waals surface area contributed by atoms with Crippen LogP contribution in [0.4, 0.5) is 0 Å². The van der Waals surface area contributed by atoms with E-state index >= 15 is 0 Å². The van der Waals surface area contributed by atoms with Crippen LogP contribution in [0.3, 0.4) is 0 Å². The number of carboxylic acid groups (broad SMARTS) is 1. The fraction of sp³-hybridized carbons (Fsp3) is 0.417. The highest BCUT2D eigenvalue weighted by atomic mass is 32.2. The molecule has 0 fully saturated rings. The molecule has 0 saturated carbocycles. The van der Waals surface area contributed by atoms with Gasteiger partial charge < -0.3 is 5.11 Å². The van der Waals surface area contributed by atoms with Crippen LogP contribution < -0.4 is 0 Å². The minimum Gasteiger partial charge on any atom is -0.481 e. The summed E-state index contributed by atoms with van der Waals surface area (Å²) in [6.07, 6.45) is 0.941. The van der Waals surface area contributed by atoms with E-state index in [0.29, 0.717) is 11.0 Å². The van der Waals surface area contributed by atoms with Crippen LogP contribution in [0.1, 0.15) is 12.0 Å². The molecule has 3 nitrogen and oxygen atoms in total. The predicted molar refractivity (Wildman–Crippen MR) is 69.9 cm³/mol. The molecule has 0 aliphatic carbocycles. The molecule has 2 atom stereocenters. The molecule has 17 heavy (non-hydrogen) atoms. The highest BCUT2D eigenvalue weighted by Gasteiger charge is 2.23. The Hall–Kier alpha value is -0.810. The van der Waals surface area contributed by atoms with Crippen molar-refractivity contribution in [3.8, 4) is 0 Å². The first-order valence-corrected chi connectivity index (χ1v) is 7.83. The van der Waals surface area contributed by atoms with E-state index in [-0.39, 0.29) is 12.2 Å². The Balaban J connectivity index is 1.83. The number of thioether (sulfide) groups is 1. The zero-order valence-electron chi connectivity index (χ0n) is 9.30. The summed E-state index contributed by atoms with van der Waals surface area (Å²) in [6.45, 7) is 0. The maximum Gasteiger partial charge on any atom is 0.304 e. The Morgan fingerprint density at radius 3 is 2.94 bits per heavy atom. The van der Waals surface area contributed by atoms with E-state index in [1.54, 1.807) is 11.8 Å². The molecule has 1 N–H and O–H groups in total. The molecular formula is C12H14O3S2. The summed E-state index contributed by atoms with van der Waals surface area (Å²) >= 11 is 1.76. The van der Waals surface area contributed by atoms with Crippen molar-refractivity contribution in [1.82, 2.24) is 0 Å². The third-order valence-electron chi connectivity index (χ3n) is 2.63. The Labute approximate surface area is 107 Å². The first-order valence-electron chi connectivity index (χ1n) is 5.46. The fourth-order valence-corrected chi connectivity index (χ4v) is 4.75. The van der Waals surface area contributed by atoms with Crippen molar-refractivity contribution in [2.75, 3.05) is 11.5 Å². The van der Waals surface area contributed by atoms with Gasteiger partial charge in [-0.2, -0.15) is 0 Å². The van der Waals surface area contributed by atoms with Gasteiger partial charge >= 0.3 is 5.97 Å². The van der Waals surface area contributed by atoms with E-state index in [4.69, 9.17) is 5.11 Å². The topological polar surface area (TPSA) is 54.4 Å². The van der Waals surface area contributed by atoms with Crippen LogP contribution in [-0.2, 0) is 22.0 Å². The molecule has 1 aliphatic heterocycles. The minimum atomic E-state index is -1.02. The maximum atomic E-state index is 11.7. The van der Waals surface area contributed by atoms with Gasteiger partial charge in [-0.15, -0.1) is 11.8 Å². The molecule has 0 bridgehead atoms. The number of hydrogen-bond donors (Lipinski definition) is 1. The Kier molecular flexibility index (Phi) is 4.23. The first kappa shape index (κ1) is 12.6. The quantitative estimate of drug-likeness (QED) is 0.888. The molecule has 5 heteroatoms. The Morgan fingerprint density at radius 2 is 2.24 bits per heavy atom. The van der Waals surface area contributed by atoms with Crippen molar-refractivity contribution in [3.63, 3.8) is 0 Å². The van der Waals surface area contributed by atoms with E-state index < -0.39 is 16.8 Å². The highest BCUT2D eigenvalue weighted by Crippen LogP contribution is 2.36. The van der Waals surface area contributed by atoms with Gasteiger partial charge in [0.25, 0.3) is 0 Å². The number of benzene rings is 1. The number of carbonyl (C=O) groups is 1. The molecule has 92 valence electrons. The summed E-state index contributed by atoms with van der Waals surface area (Å²) < 4.78 is 11.7. The lowest BCUT2D eigenvalue weighted by molar-refractivity contribution is -0.136. The minimum absolute atomic E-state index is 0.00303. The van der Waals surface area contributed by atoms with Gasteiger partial charge in [0.2, 0.25) is 0 Å². The molecule has 2 rings (SSSR count). The summed E-state index contributed by atoms with van der Waals surface area (Å²) in [5.74, 6) is -0.0178. The molecule has 0 spiro atoms. The summed E-state index contributed by atoms with van der Waals surface area (Å²) in [5.41, 5.74) is 1.32. The number of aliphatic carboxylic acids is 1. The van der Waals surface area contributed by atoms with Gasteiger partial charge in [-0.05, 0) is 18.1 Å². The van der Waals surface area contributed by atoms with Crippen molar-refractivity contribution < 1.29 is 14.1 Å². The van der Waals surface area contributed by atoms with Gasteiger partial charge in [0.15, 0.2) is 0 Å². The average molecular weight is 270 g/mol. The summed E-state index contributed by atoms with van der Waals surface area (Å²) in [5, 5.41) is 8.86. The zero-order valence-corrected chi connectivity index (χ0v) is 10.9. The second-order valence-electron chi connectivity index (χ2n) is 4.01. The van der Waals surface area contributed by atoms with Crippen LogP contribution in [0.2, 0.25) is 0 Å². The summed E-state index contributed by atoms with van der Waals surface area (Å²) in [4.78, 5) is 11.7. The van der Waals surface area contributed by atoms with E-state index in [1.165, 1.54) is 10.5 Å². The van der Waals surface area contributed by atoms with Crippen molar-refractivity contribution >= 4 is 28.5 Å². The maximum absolute atomic E-state index is 11.7. The second kappa shape index (κ2) is 5.69. The van der Waals surface area contributed by atoms with E-state index in [9.17, 15) is 9.00 Å². The number of rotatable bonds is 5. The van der Waals surface area contributed by atoms with Crippen LogP contribution in [0, 0.1) is 0 Å². The van der Waals surface area contributed by atoms with Crippen LogP contribution in [0.15, 0.2) is 29.2 Å². The third kappa shape index (κ3) is 3.57. The smallest absolute Gasteiger partial charge is 0.304 e. The largest absolute Gasteiger partial charge is 0.481 e. The molecule has 1 aromatic carbocycles. The number of fused-ring (bicyclic) bond motifs is 1. The van der Waals surface area contributed by atoms with Crippen molar-refractivity contribution in [3.05, 3.63) is 29.8 Å². The van der Waals surface area contributed by atoms with Gasteiger partial charge in [0, 0.05) is 32.5 Å². The normalized spacial score (nSPS) is 19.9. The number of carboxylic acids is 1. The van der Waals surface area contributed by atoms with Gasteiger partial charge in [-0.3, -0.25) is 9.00 Å². The molecule has 1 heterocycles. The van der Waals surface area contributed by atoms with E-state index in [0.717, 1.165) is 6.42 Å². The van der Waals surface area contributed by atoms with Crippen molar-refractivity contribution in [2.24, 2.45) is 0 Å². The monoisotopic (exact) mass is 270 g/mol. The molecule has 1 aliphatic rings. The average Bonchev–Trinajstić information content (AvgIpc) is 2.68. The fourth-order valence-electron chi connectivity index (χ4n) is 1.84. The Morgan fingerprint density at radius 1 is 1.47 bits per heavy atom. The van der Waals surface area contributed by atoms with Crippen LogP contribution in [-0.4, -0.2) is 32.0 Å².